The Hall–Kier alpha value is -3.24. The molecule has 3 aromatic rings. The van der Waals surface area contributed by atoms with Crippen LogP contribution >= 0.6 is 0 Å². The molecule has 0 unspecified atom stereocenters. The summed E-state index contributed by atoms with van der Waals surface area (Å²) >= 11 is 0. The van der Waals surface area contributed by atoms with Gasteiger partial charge in [-0.15, -0.1) is 0 Å². The Morgan fingerprint density at radius 1 is 1.06 bits per heavy atom. The van der Waals surface area contributed by atoms with E-state index in [0.717, 1.165) is 30.4 Å². The number of amides is 1. The van der Waals surface area contributed by atoms with Crippen LogP contribution in [0.2, 0.25) is 0 Å². The predicted octanol–water partition coefficient (Wildman–Crippen LogP) is 1.99. The summed E-state index contributed by atoms with van der Waals surface area (Å²) in [6, 6.07) is 11.2. The van der Waals surface area contributed by atoms with Gasteiger partial charge in [0.25, 0.3) is 5.56 Å². The lowest BCUT2D eigenvalue weighted by Gasteiger charge is -2.21. The zero-order chi connectivity index (χ0) is 23.6. The van der Waals surface area contributed by atoms with E-state index < -0.39 is 21.5 Å². The normalized spacial score (nSPS) is 15.3. The third-order valence-corrected chi connectivity index (χ3v) is 7.70. The van der Waals surface area contributed by atoms with E-state index in [1.54, 1.807) is 24.3 Å². The van der Waals surface area contributed by atoms with Gasteiger partial charge in [0.05, 0.1) is 29.5 Å². The summed E-state index contributed by atoms with van der Waals surface area (Å²) in [6.07, 6.45) is 3.45. The SMILES string of the molecule is COc1ccc(S(=O)(=O)N2CCCCCC2)cc1-n1nc(CC(N)=O)c2ccccc2c1=O. The van der Waals surface area contributed by atoms with Gasteiger partial charge in [0.2, 0.25) is 15.9 Å². The van der Waals surface area contributed by atoms with E-state index in [1.165, 1.54) is 29.6 Å². The average Bonchev–Trinajstić information content (AvgIpc) is 3.10. The fraction of sp³-hybridized carbons (Fsp3) is 0.348. The molecule has 0 atom stereocenters. The van der Waals surface area contributed by atoms with Crippen molar-refractivity contribution in [3.8, 4) is 11.4 Å². The van der Waals surface area contributed by atoms with Gasteiger partial charge in [-0.05, 0) is 37.1 Å². The van der Waals surface area contributed by atoms with Crippen molar-refractivity contribution in [1.82, 2.24) is 14.1 Å². The molecular formula is C23H26N4O5S. The van der Waals surface area contributed by atoms with Crippen LogP contribution in [-0.4, -0.2) is 48.6 Å². The molecule has 1 amide bonds. The number of rotatable bonds is 6. The second-order valence-corrected chi connectivity index (χ2v) is 9.94. The molecule has 0 saturated carbocycles. The Balaban J connectivity index is 1.91. The average molecular weight is 471 g/mol. The van der Waals surface area contributed by atoms with Crippen LogP contribution in [0.4, 0.5) is 0 Å². The number of hydrogen-bond donors (Lipinski definition) is 1. The summed E-state index contributed by atoms with van der Waals surface area (Å²) in [5.41, 5.74) is 5.44. The van der Waals surface area contributed by atoms with Gasteiger partial charge in [0.15, 0.2) is 0 Å². The minimum absolute atomic E-state index is 0.0542. The van der Waals surface area contributed by atoms with Crippen molar-refractivity contribution in [3.05, 3.63) is 58.5 Å². The van der Waals surface area contributed by atoms with Crippen LogP contribution in [0.3, 0.4) is 0 Å². The monoisotopic (exact) mass is 470 g/mol. The number of aromatic nitrogens is 2. The van der Waals surface area contributed by atoms with E-state index in [9.17, 15) is 18.0 Å². The van der Waals surface area contributed by atoms with Gasteiger partial charge in [-0.3, -0.25) is 9.59 Å². The number of hydrogen-bond acceptors (Lipinski definition) is 6. The Bertz CT molecular complexity index is 1360. The Kier molecular flexibility index (Phi) is 6.48. The van der Waals surface area contributed by atoms with Gasteiger partial charge in [0.1, 0.15) is 11.4 Å². The molecule has 9 nitrogen and oxygen atoms in total. The topological polar surface area (TPSA) is 125 Å². The Morgan fingerprint density at radius 3 is 2.36 bits per heavy atom. The van der Waals surface area contributed by atoms with Crippen LogP contribution < -0.4 is 16.0 Å². The maximum atomic E-state index is 13.3. The number of carbonyl (C=O) groups is 1. The first kappa shape index (κ1) is 22.9. The number of sulfonamides is 1. The van der Waals surface area contributed by atoms with Gasteiger partial charge >= 0.3 is 0 Å². The van der Waals surface area contributed by atoms with E-state index in [4.69, 9.17) is 10.5 Å². The highest BCUT2D eigenvalue weighted by Crippen LogP contribution is 2.28. The summed E-state index contributed by atoms with van der Waals surface area (Å²) in [7, 11) is -2.34. The van der Waals surface area contributed by atoms with Crippen molar-refractivity contribution in [2.75, 3.05) is 20.2 Å². The van der Waals surface area contributed by atoms with Gasteiger partial charge in [-0.25, -0.2) is 8.42 Å². The molecule has 0 radical (unpaired) electrons. The number of nitrogens with zero attached hydrogens (tertiary/aromatic N) is 3. The summed E-state index contributed by atoms with van der Waals surface area (Å²) in [5.74, 6) is -0.318. The molecule has 1 aromatic heterocycles. The summed E-state index contributed by atoms with van der Waals surface area (Å²) < 4.78 is 34.7. The molecule has 174 valence electrons. The van der Waals surface area contributed by atoms with E-state index in [0.29, 0.717) is 29.6 Å². The third-order valence-electron chi connectivity index (χ3n) is 5.80. The first-order valence-electron chi connectivity index (χ1n) is 10.8. The molecule has 1 fully saturated rings. The van der Waals surface area contributed by atoms with E-state index in [2.05, 4.69) is 5.10 Å². The minimum Gasteiger partial charge on any atom is -0.494 e. The Labute approximate surface area is 191 Å². The number of methoxy groups -OCH3 is 1. The molecule has 2 N–H and O–H groups in total. The molecule has 1 aliphatic rings. The largest absolute Gasteiger partial charge is 0.494 e. The van der Waals surface area contributed by atoms with Gasteiger partial charge in [-0.1, -0.05) is 31.0 Å². The lowest BCUT2D eigenvalue weighted by Crippen LogP contribution is -2.32. The van der Waals surface area contributed by atoms with Crippen molar-refractivity contribution in [1.29, 1.82) is 0 Å². The molecule has 0 spiro atoms. The zero-order valence-corrected chi connectivity index (χ0v) is 19.2. The molecule has 4 rings (SSSR count). The molecule has 0 aliphatic carbocycles. The molecule has 33 heavy (non-hydrogen) atoms. The van der Waals surface area contributed by atoms with Crippen LogP contribution in [0.15, 0.2) is 52.2 Å². The molecule has 0 bridgehead atoms. The smallest absolute Gasteiger partial charge is 0.279 e. The van der Waals surface area contributed by atoms with E-state index >= 15 is 0 Å². The standard InChI is InChI=1S/C23H26N4O5S/c1-32-21-11-10-16(33(30,31)26-12-6-2-3-7-13-26)14-20(21)27-23(29)18-9-5-4-8-17(18)19(25-27)15-22(24)28/h4-5,8-11,14H,2-3,6-7,12-13,15H2,1H3,(H2,24,28). The first-order chi connectivity index (χ1) is 15.8. The Morgan fingerprint density at radius 2 is 1.73 bits per heavy atom. The molecular weight excluding hydrogens is 444 g/mol. The number of ether oxygens (including phenoxy) is 1. The van der Waals surface area contributed by atoms with Gasteiger partial charge < -0.3 is 10.5 Å². The molecule has 1 saturated heterocycles. The zero-order valence-electron chi connectivity index (χ0n) is 18.4. The molecule has 2 aromatic carbocycles. The quantitative estimate of drug-likeness (QED) is 0.587. The number of carbonyl (C=O) groups excluding carboxylic acids is 1. The van der Waals surface area contributed by atoms with Crippen LogP contribution in [-0.2, 0) is 21.2 Å². The van der Waals surface area contributed by atoms with Crippen molar-refractivity contribution in [2.24, 2.45) is 5.73 Å². The summed E-state index contributed by atoms with van der Waals surface area (Å²) in [5, 5.41) is 5.24. The minimum atomic E-state index is -3.76. The molecule has 1 aliphatic heterocycles. The third kappa shape index (κ3) is 4.49. The van der Waals surface area contributed by atoms with Crippen molar-refractivity contribution < 1.29 is 17.9 Å². The van der Waals surface area contributed by atoms with E-state index in [-0.39, 0.29) is 22.8 Å². The van der Waals surface area contributed by atoms with Crippen molar-refractivity contribution in [3.63, 3.8) is 0 Å². The number of fused-ring (bicyclic) bond motifs is 1. The predicted molar refractivity (Wildman–Crippen MR) is 124 cm³/mol. The van der Waals surface area contributed by atoms with Crippen molar-refractivity contribution >= 4 is 26.7 Å². The van der Waals surface area contributed by atoms with Crippen LogP contribution in [0.25, 0.3) is 16.5 Å². The van der Waals surface area contributed by atoms with Crippen LogP contribution in [0, 0.1) is 0 Å². The second kappa shape index (κ2) is 9.32. The molecule has 2 heterocycles. The summed E-state index contributed by atoms with van der Waals surface area (Å²) in [6.45, 7) is 0.918. The second-order valence-electron chi connectivity index (χ2n) is 8.00. The van der Waals surface area contributed by atoms with Crippen LogP contribution in [0.5, 0.6) is 5.75 Å². The lowest BCUT2D eigenvalue weighted by atomic mass is 10.1. The molecule has 10 heteroatoms. The highest BCUT2D eigenvalue weighted by atomic mass is 32.2. The fourth-order valence-corrected chi connectivity index (χ4v) is 5.68. The van der Waals surface area contributed by atoms with Gasteiger partial charge in [0, 0.05) is 18.5 Å². The first-order valence-corrected chi connectivity index (χ1v) is 12.2. The number of nitrogens with two attached hydrogens (primary N) is 1. The number of primary amides is 1. The number of benzene rings is 2. The highest BCUT2D eigenvalue weighted by molar-refractivity contribution is 7.89. The van der Waals surface area contributed by atoms with Crippen LogP contribution in [0.1, 0.15) is 31.4 Å². The van der Waals surface area contributed by atoms with Crippen molar-refractivity contribution in [2.45, 2.75) is 37.0 Å². The summed E-state index contributed by atoms with van der Waals surface area (Å²) in [4.78, 5) is 25.0. The highest BCUT2D eigenvalue weighted by Gasteiger charge is 2.27. The fourth-order valence-electron chi connectivity index (χ4n) is 4.14. The maximum absolute atomic E-state index is 13.3. The maximum Gasteiger partial charge on any atom is 0.279 e. The lowest BCUT2D eigenvalue weighted by molar-refractivity contribution is -0.117. The van der Waals surface area contributed by atoms with E-state index in [1.807, 2.05) is 0 Å². The van der Waals surface area contributed by atoms with Gasteiger partial charge in [-0.2, -0.15) is 14.1 Å².